The van der Waals surface area contributed by atoms with Gasteiger partial charge in [0.25, 0.3) is 0 Å². The summed E-state index contributed by atoms with van der Waals surface area (Å²) in [5.74, 6) is -0.872. The lowest BCUT2D eigenvalue weighted by molar-refractivity contribution is -0.132. The summed E-state index contributed by atoms with van der Waals surface area (Å²) in [4.78, 5) is 14.6. The van der Waals surface area contributed by atoms with Crippen LogP contribution in [0, 0.1) is 0 Å². The third-order valence-electron chi connectivity index (χ3n) is 3.29. The molecule has 0 aliphatic carbocycles. The minimum Gasteiger partial charge on any atom is -0.478 e. The Balaban J connectivity index is -0.000000112. The highest BCUT2D eigenvalue weighted by molar-refractivity contribution is 5.85. The molecule has 0 aromatic carbocycles. The Morgan fingerprint density at radius 2 is 1.23 bits per heavy atom. The molecule has 0 radical (unpaired) electrons. The summed E-state index contributed by atoms with van der Waals surface area (Å²) < 4.78 is 0. The summed E-state index contributed by atoms with van der Waals surface area (Å²) in [5, 5.41) is 8.31. The summed E-state index contributed by atoms with van der Waals surface area (Å²) in [6, 6.07) is 0. The van der Waals surface area contributed by atoms with E-state index in [1.54, 1.807) is 0 Å². The van der Waals surface area contributed by atoms with E-state index in [2.05, 4.69) is 58.2 Å². The second kappa shape index (κ2) is 22.7. The molecule has 0 amide bonds. The predicted octanol–water partition coefficient (Wildman–Crippen LogP) is 4.16. The van der Waals surface area contributed by atoms with Gasteiger partial charge in [-0.05, 0) is 53.1 Å². The van der Waals surface area contributed by atoms with E-state index < -0.39 is 5.97 Å². The Kier molecular flexibility index (Phi) is 30.4. The van der Waals surface area contributed by atoms with Gasteiger partial charge in [0.05, 0.1) is 0 Å². The van der Waals surface area contributed by atoms with Gasteiger partial charge in [-0.15, -0.1) is 12.4 Å². The van der Waals surface area contributed by atoms with Crippen molar-refractivity contribution in [3.8, 4) is 0 Å². The molecule has 5 heteroatoms. The third kappa shape index (κ3) is 27.7. The molecule has 0 saturated carbocycles. The number of nitrogens with zero attached hydrogens (tertiary/aromatic N) is 2. The zero-order valence-electron chi connectivity index (χ0n) is 15.8. The molecule has 136 valence electrons. The van der Waals surface area contributed by atoms with Crippen LogP contribution in [-0.4, -0.2) is 61.2 Å². The molecule has 1 N–H and O–H groups in total. The minimum absolute atomic E-state index is 0. The molecule has 0 bridgehead atoms. The maximum Gasteiger partial charge on any atom is 0.330 e. The molecule has 0 spiro atoms. The first-order valence-electron chi connectivity index (χ1n) is 8.08. The second-order valence-electron chi connectivity index (χ2n) is 4.99. The van der Waals surface area contributed by atoms with Crippen LogP contribution in [0.1, 0.15) is 53.9 Å². The first kappa shape index (κ1) is 29.4. The van der Waals surface area contributed by atoms with E-state index in [9.17, 15) is 4.79 Å². The summed E-state index contributed by atoms with van der Waals surface area (Å²) in [6.45, 7) is 18.7. The van der Waals surface area contributed by atoms with Gasteiger partial charge >= 0.3 is 5.97 Å². The topological polar surface area (TPSA) is 43.8 Å². The standard InChI is InChI=1S/C7H12O2.2C5H13N.ClH/c1-3-4-5-6(2)7(8)9;2*1-4-6(3)5-2;/h2-5H2,1H3,(H,8,9);2*4-5H2,1-3H3;1H. The third-order valence-corrected chi connectivity index (χ3v) is 3.29. The van der Waals surface area contributed by atoms with E-state index in [4.69, 9.17) is 5.11 Å². The first-order valence-corrected chi connectivity index (χ1v) is 8.08. The van der Waals surface area contributed by atoms with Gasteiger partial charge in [0.15, 0.2) is 0 Å². The quantitative estimate of drug-likeness (QED) is 0.675. The lowest BCUT2D eigenvalue weighted by Crippen LogP contribution is -2.15. The lowest BCUT2D eigenvalue weighted by Gasteiger charge is -2.07. The van der Waals surface area contributed by atoms with Gasteiger partial charge in [-0.2, -0.15) is 0 Å². The van der Waals surface area contributed by atoms with Crippen LogP contribution >= 0.6 is 12.4 Å². The van der Waals surface area contributed by atoms with Crippen LogP contribution in [0.5, 0.6) is 0 Å². The fourth-order valence-corrected chi connectivity index (χ4v) is 0.944. The van der Waals surface area contributed by atoms with Gasteiger partial charge in [0.2, 0.25) is 0 Å². The Labute approximate surface area is 145 Å². The van der Waals surface area contributed by atoms with E-state index in [0.717, 1.165) is 39.0 Å². The summed E-state index contributed by atoms with van der Waals surface area (Å²) in [5.41, 5.74) is 0.317. The van der Waals surface area contributed by atoms with Crippen molar-refractivity contribution in [3.05, 3.63) is 12.2 Å². The minimum atomic E-state index is -0.872. The van der Waals surface area contributed by atoms with Crippen LogP contribution in [-0.2, 0) is 4.79 Å². The molecule has 0 aromatic rings. The van der Waals surface area contributed by atoms with Crippen molar-refractivity contribution in [2.75, 3.05) is 40.3 Å². The molecule has 0 rings (SSSR count). The number of unbranched alkanes of at least 4 members (excludes halogenated alkanes) is 1. The van der Waals surface area contributed by atoms with E-state index in [1.165, 1.54) is 0 Å². The van der Waals surface area contributed by atoms with E-state index in [-0.39, 0.29) is 12.4 Å². The van der Waals surface area contributed by atoms with Crippen molar-refractivity contribution in [2.24, 2.45) is 0 Å². The number of carboxylic acids is 1. The Morgan fingerprint density at radius 3 is 1.36 bits per heavy atom. The Morgan fingerprint density at radius 1 is 0.909 bits per heavy atom. The molecular weight excluding hydrogens is 300 g/mol. The van der Waals surface area contributed by atoms with Crippen LogP contribution in [0.15, 0.2) is 12.2 Å². The monoisotopic (exact) mass is 338 g/mol. The van der Waals surface area contributed by atoms with Crippen molar-refractivity contribution in [1.29, 1.82) is 0 Å². The zero-order chi connectivity index (χ0) is 17.3. The highest BCUT2D eigenvalue weighted by Crippen LogP contribution is 2.03. The number of halogens is 1. The van der Waals surface area contributed by atoms with Gasteiger partial charge in [-0.3, -0.25) is 0 Å². The van der Waals surface area contributed by atoms with Gasteiger partial charge in [0, 0.05) is 5.57 Å². The molecule has 22 heavy (non-hydrogen) atoms. The maximum absolute atomic E-state index is 10.1. The fourth-order valence-electron chi connectivity index (χ4n) is 0.944. The first-order chi connectivity index (χ1) is 9.80. The molecule has 0 unspecified atom stereocenters. The molecule has 0 aliphatic heterocycles. The predicted molar refractivity (Wildman–Crippen MR) is 101 cm³/mol. The SMILES string of the molecule is C=C(CCCC)C(=O)O.CCN(C)CC.CCN(C)CC.Cl. The fraction of sp³-hybridized carbons (Fsp3) is 0.824. The molecule has 0 atom stereocenters. The highest BCUT2D eigenvalue weighted by atomic mass is 35.5. The van der Waals surface area contributed by atoms with Crippen LogP contribution in [0.2, 0.25) is 0 Å². The second-order valence-corrected chi connectivity index (χ2v) is 4.99. The highest BCUT2D eigenvalue weighted by Gasteiger charge is 2.00. The van der Waals surface area contributed by atoms with Crippen molar-refractivity contribution >= 4 is 18.4 Å². The molecule has 0 heterocycles. The molecule has 0 aliphatic rings. The van der Waals surface area contributed by atoms with Crippen LogP contribution in [0.4, 0.5) is 0 Å². The zero-order valence-corrected chi connectivity index (χ0v) is 16.6. The van der Waals surface area contributed by atoms with Crippen molar-refractivity contribution < 1.29 is 9.90 Å². The molecule has 0 saturated heterocycles. The Hall–Kier alpha value is -0.580. The molecular formula is C17H39ClN2O2. The Bertz CT molecular complexity index is 231. The normalized spacial score (nSPS) is 9.14. The van der Waals surface area contributed by atoms with Crippen molar-refractivity contribution in [1.82, 2.24) is 9.80 Å². The van der Waals surface area contributed by atoms with Crippen LogP contribution in [0.3, 0.4) is 0 Å². The average Bonchev–Trinajstić information content (AvgIpc) is 2.51. The van der Waals surface area contributed by atoms with Crippen molar-refractivity contribution in [2.45, 2.75) is 53.9 Å². The molecule has 0 aromatic heterocycles. The van der Waals surface area contributed by atoms with E-state index in [0.29, 0.717) is 12.0 Å². The van der Waals surface area contributed by atoms with Crippen LogP contribution < -0.4 is 0 Å². The number of hydrogen-bond donors (Lipinski definition) is 1. The maximum atomic E-state index is 10.1. The van der Waals surface area contributed by atoms with Crippen LogP contribution in [0.25, 0.3) is 0 Å². The summed E-state index contributed by atoms with van der Waals surface area (Å²) in [7, 11) is 4.22. The van der Waals surface area contributed by atoms with Gasteiger partial charge in [0.1, 0.15) is 0 Å². The molecule has 4 nitrogen and oxygen atoms in total. The largest absolute Gasteiger partial charge is 0.478 e. The van der Waals surface area contributed by atoms with E-state index >= 15 is 0 Å². The number of rotatable bonds is 8. The number of carbonyl (C=O) groups is 1. The van der Waals surface area contributed by atoms with Gasteiger partial charge in [-0.25, -0.2) is 4.79 Å². The lowest BCUT2D eigenvalue weighted by atomic mass is 10.1. The van der Waals surface area contributed by atoms with E-state index in [1.807, 2.05) is 6.92 Å². The smallest absolute Gasteiger partial charge is 0.330 e. The molecule has 0 fully saturated rings. The van der Waals surface area contributed by atoms with Crippen molar-refractivity contribution in [3.63, 3.8) is 0 Å². The number of aliphatic carboxylic acids is 1. The number of carboxylic acid groups (broad SMARTS) is 1. The summed E-state index contributed by atoms with van der Waals surface area (Å²) >= 11 is 0. The van der Waals surface area contributed by atoms with Gasteiger partial charge < -0.3 is 14.9 Å². The average molecular weight is 339 g/mol. The summed E-state index contributed by atoms with van der Waals surface area (Å²) in [6.07, 6.45) is 2.56. The number of hydrogen-bond acceptors (Lipinski definition) is 3. The van der Waals surface area contributed by atoms with Gasteiger partial charge in [-0.1, -0.05) is 47.6 Å².